The summed E-state index contributed by atoms with van der Waals surface area (Å²) in [6.45, 7) is 1.05. The van der Waals surface area contributed by atoms with Crippen molar-refractivity contribution in [3.63, 3.8) is 0 Å². The molecule has 0 spiro atoms. The van der Waals surface area contributed by atoms with Gasteiger partial charge < -0.3 is 5.32 Å². The summed E-state index contributed by atoms with van der Waals surface area (Å²) < 4.78 is 0. The maximum absolute atomic E-state index is 11.8. The van der Waals surface area contributed by atoms with E-state index in [0.717, 1.165) is 18.5 Å². The lowest BCUT2D eigenvalue weighted by Crippen LogP contribution is -2.35. The molecule has 1 fully saturated rings. The molecule has 0 amide bonds. The molecule has 1 aromatic heterocycles. The molecular formula is C12H16N2O. The van der Waals surface area contributed by atoms with E-state index in [9.17, 15) is 4.79 Å². The molecule has 1 aromatic rings. The van der Waals surface area contributed by atoms with Crippen LogP contribution in [0.2, 0.25) is 0 Å². The largest absolute Gasteiger partial charge is 0.314 e. The molecule has 0 aliphatic carbocycles. The summed E-state index contributed by atoms with van der Waals surface area (Å²) >= 11 is 0. The van der Waals surface area contributed by atoms with Gasteiger partial charge in [-0.2, -0.15) is 0 Å². The normalized spacial score (nSPS) is 21.2. The van der Waals surface area contributed by atoms with Crippen LogP contribution in [0.1, 0.15) is 36.0 Å². The molecule has 3 nitrogen and oxygen atoms in total. The minimum Gasteiger partial charge on any atom is -0.314 e. The highest BCUT2D eigenvalue weighted by Gasteiger charge is 2.17. The molecular weight excluding hydrogens is 188 g/mol. The van der Waals surface area contributed by atoms with Gasteiger partial charge in [-0.05, 0) is 31.5 Å². The van der Waals surface area contributed by atoms with Crippen molar-refractivity contribution in [3.05, 3.63) is 30.1 Å². The molecule has 1 atom stereocenters. The van der Waals surface area contributed by atoms with E-state index in [1.807, 2.05) is 12.1 Å². The fourth-order valence-corrected chi connectivity index (χ4v) is 1.97. The van der Waals surface area contributed by atoms with Gasteiger partial charge in [0.15, 0.2) is 5.78 Å². The maximum Gasteiger partial charge on any atom is 0.165 e. The minimum atomic E-state index is 0.197. The van der Waals surface area contributed by atoms with Crippen molar-refractivity contribution < 1.29 is 4.79 Å². The molecule has 2 heterocycles. The number of pyridine rings is 1. The fourth-order valence-electron chi connectivity index (χ4n) is 1.97. The number of nitrogens with zero attached hydrogens (tertiary/aromatic N) is 1. The number of carbonyl (C=O) groups excluding carboxylic acids is 1. The molecule has 1 saturated heterocycles. The number of ketones is 1. The summed E-state index contributed by atoms with van der Waals surface area (Å²) in [7, 11) is 0. The van der Waals surface area contributed by atoms with Gasteiger partial charge in [0.1, 0.15) is 0 Å². The zero-order chi connectivity index (χ0) is 10.5. The van der Waals surface area contributed by atoms with Crippen molar-refractivity contribution in [2.45, 2.75) is 31.7 Å². The number of hydrogen-bond acceptors (Lipinski definition) is 3. The number of aromatic nitrogens is 1. The van der Waals surface area contributed by atoms with Crippen LogP contribution in [0.5, 0.6) is 0 Å². The van der Waals surface area contributed by atoms with Gasteiger partial charge in [0.2, 0.25) is 0 Å². The Morgan fingerprint density at radius 2 is 2.47 bits per heavy atom. The van der Waals surface area contributed by atoms with Crippen molar-refractivity contribution in [2.75, 3.05) is 6.54 Å². The molecule has 0 aromatic carbocycles. The monoisotopic (exact) mass is 204 g/mol. The third-order valence-electron chi connectivity index (χ3n) is 2.83. The van der Waals surface area contributed by atoms with Gasteiger partial charge >= 0.3 is 0 Å². The third-order valence-corrected chi connectivity index (χ3v) is 2.83. The van der Waals surface area contributed by atoms with E-state index in [2.05, 4.69) is 10.3 Å². The first-order valence-corrected chi connectivity index (χ1v) is 5.53. The zero-order valence-corrected chi connectivity index (χ0v) is 8.78. The number of hydrogen-bond donors (Lipinski definition) is 1. The van der Waals surface area contributed by atoms with Crippen LogP contribution in [0.25, 0.3) is 0 Å². The number of nitrogens with one attached hydrogen (secondary N) is 1. The number of rotatable bonds is 3. The third kappa shape index (κ3) is 2.86. The first-order valence-electron chi connectivity index (χ1n) is 5.53. The van der Waals surface area contributed by atoms with Gasteiger partial charge in [-0.3, -0.25) is 9.78 Å². The van der Waals surface area contributed by atoms with Crippen molar-refractivity contribution >= 4 is 5.78 Å². The second-order valence-electron chi connectivity index (χ2n) is 4.02. The molecule has 1 N–H and O–H groups in total. The quantitative estimate of drug-likeness (QED) is 0.763. The Morgan fingerprint density at radius 3 is 3.13 bits per heavy atom. The molecule has 0 radical (unpaired) electrons. The lowest BCUT2D eigenvalue weighted by molar-refractivity contribution is 0.0963. The van der Waals surface area contributed by atoms with Gasteiger partial charge in [0.25, 0.3) is 0 Å². The summed E-state index contributed by atoms with van der Waals surface area (Å²) in [6.07, 6.45) is 7.52. The molecule has 0 bridgehead atoms. The average molecular weight is 204 g/mol. The van der Waals surface area contributed by atoms with Crippen LogP contribution in [0.15, 0.2) is 24.5 Å². The van der Waals surface area contributed by atoms with Gasteiger partial charge in [-0.1, -0.05) is 6.42 Å². The van der Waals surface area contributed by atoms with E-state index < -0.39 is 0 Å². The lowest BCUT2D eigenvalue weighted by Gasteiger charge is -2.22. The van der Waals surface area contributed by atoms with E-state index in [1.54, 1.807) is 12.4 Å². The molecule has 1 aliphatic rings. The van der Waals surface area contributed by atoms with Crippen LogP contribution in [0.4, 0.5) is 0 Å². The first kappa shape index (κ1) is 10.3. The smallest absolute Gasteiger partial charge is 0.165 e. The van der Waals surface area contributed by atoms with Crippen LogP contribution in [-0.4, -0.2) is 23.4 Å². The van der Waals surface area contributed by atoms with Gasteiger partial charge in [-0.25, -0.2) is 0 Å². The van der Waals surface area contributed by atoms with E-state index in [0.29, 0.717) is 12.5 Å². The Morgan fingerprint density at radius 1 is 1.53 bits per heavy atom. The Kier molecular flexibility index (Phi) is 3.45. The second-order valence-corrected chi connectivity index (χ2v) is 4.02. The summed E-state index contributed by atoms with van der Waals surface area (Å²) in [6, 6.07) is 4.01. The van der Waals surface area contributed by atoms with Crippen LogP contribution < -0.4 is 5.32 Å². The van der Waals surface area contributed by atoms with E-state index in [1.165, 1.54) is 12.8 Å². The standard InChI is InChI=1S/C12H16N2O/c15-12(10-4-3-6-13-9-10)8-11-5-1-2-7-14-11/h3-4,6,9,11,14H,1-2,5,7-8H2. The molecule has 1 aliphatic heterocycles. The highest BCUT2D eigenvalue weighted by atomic mass is 16.1. The Balaban J connectivity index is 1.91. The highest BCUT2D eigenvalue weighted by molar-refractivity contribution is 5.96. The minimum absolute atomic E-state index is 0.197. The molecule has 15 heavy (non-hydrogen) atoms. The maximum atomic E-state index is 11.8. The fraction of sp³-hybridized carbons (Fsp3) is 0.500. The summed E-state index contributed by atoms with van der Waals surface area (Å²) in [5.41, 5.74) is 0.727. The van der Waals surface area contributed by atoms with Crippen LogP contribution in [-0.2, 0) is 0 Å². The SMILES string of the molecule is O=C(CC1CCCCN1)c1cccnc1. The van der Waals surface area contributed by atoms with Gasteiger partial charge in [0, 0.05) is 30.4 Å². The lowest BCUT2D eigenvalue weighted by atomic mass is 9.98. The molecule has 2 rings (SSSR count). The predicted octanol–water partition coefficient (Wildman–Crippen LogP) is 1.80. The van der Waals surface area contributed by atoms with Gasteiger partial charge in [0.05, 0.1) is 0 Å². The number of piperidine rings is 1. The second kappa shape index (κ2) is 5.03. The van der Waals surface area contributed by atoms with Crippen molar-refractivity contribution in [3.8, 4) is 0 Å². The summed E-state index contributed by atoms with van der Waals surface area (Å²) in [5, 5.41) is 3.38. The highest BCUT2D eigenvalue weighted by Crippen LogP contribution is 2.12. The number of Topliss-reactive ketones (excluding diaryl/α,β-unsaturated/α-hetero) is 1. The molecule has 3 heteroatoms. The average Bonchev–Trinajstić information content (AvgIpc) is 2.31. The van der Waals surface area contributed by atoms with Crippen LogP contribution in [0, 0.1) is 0 Å². The summed E-state index contributed by atoms with van der Waals surface area (Å²) in [4.78, 5) is 15.8. The van der Waals surface area contributed by atoms with E-state index in [4.69, 9.17) is 0 Å². The Labute approximate surface area is 89.9 Å². The Bertz CT molecular complexity index is 318. The van der Waals surface area contributed by atoms with Crippen LogP contribution in [0.3, 0.4) is 0 Å². The molecule has 1 unspecified atom stereocenters. The van der Waals surface area contributed by atoms with Crippen LogP contribution >= 0.6 is 0 Å². The van der Waals surface area contributed by atoms with E-state index in [-0.39, 0.29) is 5.78 Å². The zero-order valence-electron chi connectivity index (χ0n) is 8.78. The molecule has 80 valence electrons. The molecule has 0 saturated carbocycles. The van der Waals surface area contributed by atoms with Crippen molar-refractivity contribution in [2.24, 2.45) is 0 Å². The number of carbonyl (C=O) groups is 1. The Hall–Kier alpha value is -1.22. The first-order chi connectivity index (χ1) is 7.36. The van der Waals surface area contributed by atoms with Crippen molar-refractivity contribution in [1.82, 2.24) is 10.3 Å². The predicted molar refractivity (Wildman–Crippen MR) is 58.8 cm³/mol. The van der Waals surface area contributed by atoms with Gasteiger partial charge in [-0.15, -0.1) is 0 Å². The summed E-state index contributed by atoms with van der Waals surface area (Å²) in [5.74, 6) is 0.197. The van der Waals surface area contributed by atoms with Crippen molar-refractivity contribution in [1.29, 1.82) is 0 Å². The van der Waals surface area contributed by atoms with E-state index >= 15 is 0 Å². The topological polar surface area (TPSA) is 42.0 Å².